The van der Waals surface area contributed by atoms with E-state index in [-0.39, 0.29) is 17.7 Å². The number of rotatable bonds is 8. The number of amides is 2. The molecule has 164 valence electrons. The lowest BCUT2D eigenvalue weighted by Gasteiger charge is -2.23. The van der Waals surface area contributed by atoms with Crippen LogP contribution in [0.1, 0.15) is 36.2 Å². The van der Waals surface area contributed by atoms with Crippen molar-refractivity contribution in [3.63, 3.8) is 0 Å². The zero-order valence-electron chi connectivity index (χ0n) is 18.0. The molecule has 0 saturated heterocycles. The lowest BCUT2D eigenvalue weighted by molar-refractivity contribution is -0.124. The molecule has 0 unspecified atom stereocenters. The van der Waals surface area contributed by atoms with Crippen molar-refractivity contribution < 1.29 is 9.59 Å². The molecule has 0 radical (unpaired) electrons. The van der Waals surface area contributed by atoms with E-state index in [1.165, 1.54) is 11.3 Å². The largest absolute Gasteiger partial charge is 0.350 e. The van der Waals surface area contributed by atoms with Gasteiger partial charge in [0.1, 0.15) is 6.04 Å². The van der Waals surface area contributed by atoms with Gasteiger partial charge in [0.25, 0.3) is 5.91 Å². The van der Waals surface area contributed by atoms with Crippen molar-refractivity contribution in [1.82, 2.24) is 25.2 Å². The van der Waals surface area contributed by atoms with Gasteiger partial charge in [-0.3, -0.25) is 14.6 Å². The molecule has 8 heteroatoms. The average molecular weight is 448 g/mol. The van der Waals surface area contributed by atoms with E-state index in [4.69, 9.17) is 0 Å². The zero-order chi connectivity index (χ0) is 22.5. The Balaban J connectivity index is 1.48. The molecule has 4 rings (SSSR count). The van der Waals surface area contributed by atoms with E-state index < -0.39 is 6.04 Å². The van der Waals surface area contributed by atoms with Crippen molar-refractivity contribution in [2.24, 2.45) is 5.92 Å². The van der Waals surface area contributed by atoms with Crippen LogP contribution in [0.5, 0.6) is 0 Å². The summed E-state index contributed by atoms with van der Waals surface area (Å²) in [5.41, 5.74) is 2.25. The summed E-state index contributed by atoms with van der Waals surface area (Å²) in [5.74, 6) is -0.490. The molecule has 0 spiro atoms. The van der Waals surface area contributed by atoms with Crippen molar-refractivity contribution in [1.29, 1.82) is 0 Å². The third-order valence-corrected chi connectivity index (χ3v) is 6.47. The van der Waals surface area contributed by atoms with Crippen LogP contribution in [0.2, 0.25) is 0 Å². The van der Waals surface area contributed by atoms with E-state index in [9.17, 15) is 9.59 Å². The molecule has 0 fully saturated rings. The maximum atomic E-state index is 13.0. The smallest absolute Gasteiger partial charge is 0.251 e. The van der Waals surface area contributed by atoms with Crippen LogP contribution in [0, 0.1) is 5.92 Å². The topological polar surface area (TPSA) is 88.9 Å². The first-order valence-electron chi connectivity index (χ1n) is 10.6. The van der Waals surface area contributed by atoms with Crippen molar-refractivity contribution >= 4 is 33.4 Å². The van der Waals surface area contributed by atoms with Gasteiger partial charge in [0.05, 0.1) is 10.2 Å². The van der Waals surface area contributed by atoms with Gasteiger partial charge in [-0.2, -0.15) is 0 Å². The highest BCUT2D eigenvalue weighted by Gasteiger charge is 2.26. The van der Waals surface area contributed by atoms with Crippen molar-refractivity contribution in [2.75, 3.05) is 0 Å². The van der Waals surface area contributed by atoms with Crippen LogP contribution in [-0.2, 0) is 11.3 Å². The number of hydrogen-bond acceptors (Lipinski definition) is 5. The Labute approximate surface area is 190 Å². The summed E-state index contributed by atoms with van der Waals surface area (Å²) in [6.07, 6.45) is 8.04. The molecule has 0 aliphatic carbocycles. The molecular weight excluding hydrogens is 422 g/mol. The average Bonchev–Trinajstić information content (AvgIpc) is 3.50. The summed E-state index contributed by atoms with van der Waals surface area (Å²) in [5, 5.41) is 6.69. The number of benzene rings is 1. The molecule has 7 nitrogen and oxygen atoms in total. The third kappa shape index (κ3) is 4.86. The van der Waals surface area contributed by atoms with Gasteiger partial charge in [-0.15, -0.1) is 0 Å². The number of hydrogen-bond donors (Lipinski definition) is 2. The molecule has 4 aromatic rings. The second kappa shape index (κ2) is 9.74. The zero-order valence-corrected chi connectivity index (χ0v) is 18.8. The third-order valence-electron chi connectivity index (χ3n) is 5.44. The Bertz CT molecular complexity index is 1200. The van der Waals surface area contributed by atoms with E-state index in [1.807, 2.05) is 67.2 Å². The van der Waals surface area contributed by atoms with Crippen LogP contribution in [0.4, 0.5) is 0 Å². The van der Waals surface area contributed by atoms with Crippen LogP contribution < -0.4 is 10.6 Å². The normalized spacial score (nSPS) is 12.9. The molecule has 0 aliphatic heterocycles. The minimum atomic E-state index is -0.628. The summed E-state index contributed by atoms with van der Waals surface area (Å²) in [6.45, 7) is 4.33. The molecule has 3 aromatic heterocycles. The minimum Gasteiger partial charge on any atom is -0.350 e. The second-order valence-corrected chi connectivity index (χ2v) is 8.69. The van der Waals surface area contributed by atoms with Crippen LogP contribution in [0.25, 0.3) is 15.3 Å². The highest BCUT2D eigenvalue weighted by Crippen LogP contribution is 2.26. The maximum Gasteiger partial charge on any atom is 0.251 e. The van der Waals surface area contributed by atoms with E-state index in [1.54, 1.807) is 18.5 Å². The van der Waals surface area contributed by atoms with Gasteiger partial charge in [-0.1, -0.05) is 37.7 Å². The fourth-order valence-electron chi connectivity index (χ4n) is 3.35. The van der Waals surface area contributed by atoms with Crippen molar-refractivity contribution in [3.05, 3.63) is 78.4 Å². The first-order chi connectivity index (χ1) is 15.5. The summed E-state index contributed by atoms with van der Waals surface area (Å²) < 4.78 is 2.86. The number of carbonyl (C=O) groups is 2. The predicted octanol–water partition coefficient (Wildman–Crippen LogP) is 3.94. The Morgan fingerprint density at radius 2 is 1.97 bits per heavy atom. The fraction of sp³-hybridized carbons (Fsp3) is 0.250. The first-order valence-corrected chi connectivity index (χ1v) is 11.4. The van der Waals surface area contributed by atoms with Gasteiger partial charge in [0.15, 0.2) is 5.13 Å². The van der Waals surface area contributed by atoms with Crippen molar-refractivity contribution in [2.45, 2.75) is 32.9 Å². The van der Waals surface area contributed by atoms with Crippen LogP contribution in [-0.4, -0.2) is 32.4 Å². The molecule has 2 N–H and O–H groups in total. The number of thiazole rings is 1. The second-order valence-electron chi connectivity index (χ2n) is 7.68. The van der Waals surface area contributed by atoms with Gasteiger partial charge in [-0.25, -0.2) is 4.98 Å². The Morgan fingerprint density at radius 3 is 2.69 bits per heavy atom. The minimum absolute atomic E-state index is 0.0136. The lowest BCUT2D eigenvalue weighted by atomic mass is 9.97. The van der Waals surface area contributed by atoms with Crippen LogP contribution in [0.15, 0.2) is 67.3 Å². The van der Waals surface area contributed by atoms with Crippen molar-refractivity contribution in [3.8, 4) is 5.13 Å². The number of fused-ring (bicyclic) bond motifs is 1. The SMILES string of the molecule is CC[C@H](C)[C@@H](NC(=O)c1ccc2nc(-n3cccc3)sc2c1)C(=O)NCc1cccnc1. The number of pyridine rings is 1. The summed E-state index contributed by atoms with van der Waals surface area (Å²) in [6, 6.07) is 12.4. The van der Waals surface area contributed by atoms with Crippen LogP contribution in [0.3, 0.4) is 0 Å². The molecule has 2 atom stereocenters. The van der Waals surface area contributed by atoms with Gasteiger partial charge in [0.2, 0.25) is 5.91 Å². The Kier molecular flexibility index (Phi) is 6.61. The maximum absolute atomic E-state index is 13.0. The molecule has 0 aliphatic rings. The number of carbonyl (C=O) groups excluding carboxylic acids is 2. The highest BCUT2D eigenvalue weighted by atomic mass is 32.1. The first kappa shape index (κ1) is 21.7. The number of aromatic nitrogens is 3. The Hall–Kier alpha value is -3.52. The van der Waals surface area contributed by atoms with E-state index >= 15 is 0 Å². The predicted molar refractivity (Wildman–Crippen MR) is 126 cm³/mol. The quantitative estimate of drug-likeness (QED) is 0.428. The number of nitrogens with zero attached hydrogens (tertiary/aromatic N) is 3. The molecule has 0 bridgehead atoms. The van der Waals surface area contributed by atoms with E-state index in [0.717, 1.165) is 27.3 Å². The number of nitrogens with one attached hydrogen (secondary N) is 2. The molecule has 32 heavy (non-hydrogen) atoms. The van der Waals surface area contributed by atoms with Gasteiger partial charge in [-0.05, 0) is 47.9 Å². The van der Waals surface area contributed by atoms with E-state index in [0.29, 0.717) is 12.1 Å². The van der Waals surface area contributed by atoms with Gasteiger partial charge < -0.3 is 15.2 Å². The summed E-state index contributed by atoms with van der Waals surface area (Å²) >= 11 is 1.51. The standard InChI is InChI=1S/C24H25N5O2S/c1-3-16(2)21(23(31)26-15-17-7-6-10-25-14-17)28-22(30)18-8-9-19-20(13-18)32-24(27-19)29-11-4-5-12-29/h4-14,16,21H,3,15H2,1-2H3,(H,26,31)(H,28,30)/t16-,21+/m0/s1. The summed E-state index contributed by atoms with van der Waals surface area (Å²) in [4.78, 5) is 34.6. The van der Waals surface area contributed by atoms with E-state index in [2.05, 4.69) is 20.6 Å². The van der Waals surface area contributed by atoms with Gasteiger partial charge >= 0.3 is 0 Å². The highest BCUT2D eigenvalue weighted by molar-refractivity contribution is 7.20. The fourth-order valence-corrected chi connectivity index (χ4v) is 4.33. The van der Waals surface area contributed by atoms with Crippen LogP contribution >= 0.6 is 11.3 Å². The molecule has 2 amide bonds. The molecular formula is C24H25N5O2S. The summed E-state index contributed by atoms with van der Waals surface area (Å²) in [7, 11) is 0. The van der Waals surface area contributed by atoms with Gasteiger partial charge in [0, 0.05) is 36.9 Å². The monoisotopic (exact) mass is 447 g/mol. The Morgan fingerprint density at radius 1 is 1.16 bits per heavy atom. The molecule has 0 saturated carbocycles. The lowest BCUT2D eigenvalue weighted by Crippen LogP contribution is -2.50. The molecule has 1 aromatic carbocycles. The molecule has 3 heterocycles.